The van der Waals surface area contributed by atoms with Gasteiger partial charge in [-0.25, -0.2) is 0 Å². The summed E-state index contributed by atoms with van der Waals surface area (Å²) >= 11 is 0. The summed E-state index contributed by atoms with van der Waals surface area (Å²) in [4.78, 5) is 8.69. The summed E-state index contributed by atoms with van der Waals surface area (Å²) in [6.07, 6.45) is 2.70. The molecule has 2 aromatic heterocycles. The number of nitrogens with zero attached hydrogens (tertiary/aromatic N) is 3. The molecule has 2 heterocycles. The Morgan fingerprint density at radius 2 is 1.95 bits per heavy atom. The van der Waals surface area contributed by atoms with Crippen LogP contribution in [-0.2, 0) is 6.42 Å². The Balaban J connectivity index is 1.91. The Hall–Kier alpha value is -2.69. The van der Waals surface area contributed by atoms with Crippen molar-refractivity contribution in [3.63, 3.8) is 0 Å². The maximum absolute atomic E-state index is 5.31. The summed E-state index contributed by atoms with van der Waals surface area (Å²) in [5, 5.41) is 4.00. The van der Waals surface area contributed by atoms with E-state index < -0.39 is 0 Å². The van der Waals surface area contributed by atoms with Gasteiger partial charge in [0.1, 0.15) is 11.4 Å². The van der Waals surface area contributed by atoms with Crippen molar-refractivity contribution in [2.45, 2.75) is 13.3 Å². The number of hydrogen-bond donors (Lipinski definition) is 0. The van der Waals surface area contributed by atoms with E-state index in [1.54, 1.807) is 13.3 Å². The molecule has 0 atom stereocenters. The van der Waals surface area contributed by atoms with Crippen molar-refractivity contribution in [3.8, 4) is 28.7 Å². The molecule has 0 N–H and O–H groups in total. The molecule has 5 heteroatoms. The second-order valence-electron chi connectivity index (χ2n) is 4.55. The standard InChI is InChI=1S/C16H15N3O2/c1-3-11-8-9-17-14(10-11)15-18-16(21-19-15)12-4-6-13(20-2)7-5-12/h4-10H,3H2,1-2H3. The van der Waals surface area contributed by atoms with E-state index >= 15 is 0 Å². The highest BCUT2D eigenvalue weighted by atomic mass is 16.5. The number of pyridine rings is 1. The van der Waals surface area contributed by atoms with Crippen LogP contribution < -0.4 is 4.74 Å². The third kappa shape index (κ3) is 2.76. The zero-order valence-electron chi connectivity index (χ0n) is 11.9. The van der Waals surface area contributed by atoms with Crippen LogP contribution in [-0.4, -0.2) is 22.2 Å². The van der Waals surface area contributed by atoms with Crippen LogP contribution in [0.25, 0.3) is 23.0 Å². The molecule has 0 aliphatic carbocycles. The van der Waals surface area contributed by atoms with Gasteiger partial charge in [-0.15, -0.1) is 0 Å². The average Bonchev–Trinajstić information content (AvgIpc) is 3.05. The monoisotopic (exact) mass is 281 g/mol. The number of hydrogen-bond acceptors (Lipinski definition) is 5. The van der Waals surface area contributed by atoms with E-state index in [1.165, 1.54) is 5.56 Å². The molecule has 21 heavy (non-hydrogen) atoms. The van der Waals surface area contributed by atoms with E-state index in [-0.39, 0.29) is 0 Å². The molecule has 0 spiro atoms. The lowest BCUT2D eigenvalue weighted by atomic mass is 10.2. The molecule has 106 valence electrons. The van der Waals surface area contributed by atoms with Gasteiger partial charge >= 0.3 is 0 Å². The molecule has 0 aliphatic heterocycles. The maximum atomic E-state index is 5.31. The van der Waals surface area contributed by atoms with Gasteiger partial charge in [0.15, 0.2) is 0 Å². The third-order valence-corrected chi connectivity index (χ3v) is 3.22. The first-order valence-corrected chi connectivity index (χ1v) is 6.73. The van der Waals surface area contributed by atoms with Crippen LogP contribution in [0.1, 0.15) is 12.5 Å². The van der Waals surface area contributed by atoms with Gasteiger partial charge < -0.3 is 9.26 Å². The quantitative estimate of drug-likeness (QED) is 0.733. The highest BCUT2D eigenvalue weighted by molar-refractivity contribution is 5.58. The molecule has 0 radical (unpaired) electrons. The van der Waals surface area contributed by atoms with Crippen molar-refractivity contribution in [3.05, 3.63) is 48.2 Å². The van der Waals surface area contributed by atoms with Crippen LogP contribution in [0.4, 0.5) is 0 Å². The molecular formula is C16H15N3O2. The SMILES string of the molecule is CCc1ccnc(-c2noc(-c3ccc(OC)cc3)n2)c1. The lowest BCUT2D eigenvalue weighted by Crippen LogP contribution is -1.88. The van der Waals surface area contributed by atoms with Gasteiger partial charge in [-0.1, -0.05) is 12.1 Å². The Morgan fingerprint density at radius 3 is 2.67 bits per heavy atom. The predicted octanol–water partition coefficient (Wildman–Crippen LogP) is 3.37. The molecule has 0 saturated carbocycles. The van der Waals surface area contributed by atoms with Crippen LogP contribution in [0.15, 0.2) is 47.1 Å². The van der Waals surface area contributed by atoms with Crippen molar-refractivity contribution in [1.82, 2.24) is 15.1 Å². The zero-order valence-corrected chi connectivity index (χ0v) is 11.9. The van der Waals surface area contributed by atoms with Crippen LogP contribution in [0.2, 0.25) is 0 Å². The van der Waals surface area contributed by atoms with Gasteiger partial charge in [0.05, 0.1) is 7.11 Å². The van der Waals surface area contributed by atoms with Gasteiger partial charge in [-0.3, -0.25) is 4.98 Å². The minimum atomic E-state index is 0.469. The molecule has 5 nitrogen and oxygen atoms in total. The van der Waals surface area contributed by atoms with E-state index in [2.05, 4.69) is 22.0 Å². The van der Waals surface area contributed by atoms with Crippen molar-refractivity contribution in [2.75, 3.05) is 7.11 Å². The molecular weight excluding hydrogens is 266 g/mol. The predicted molar refractivity (Wildman–Crippen MR) is 78.9 cm³/mol. The van der Waals surface area contributed by atoms with E-state index in [1.807, 2.05) is 36.4 Å². The first kappa shape index (κ1) is 13.3. The molecule has 0 amide bonds. The Bertz CT molecular complexity index is 735. The molecule has 0 aliphatic rings. The van der Waals surface area contributed by atoms with Crippen molar-refractivity contribution >= 4 is 0 Å². The summed E-state index contributed by atoms with van der Waals surface area (Å²) < 4.78 is 10.4. The van der Waals surface area contributed by atoms with E-state index in [4.69, 9.17) is 9.26 Å². The maximum Gasteiger partial charge on any atom is 0.258 e. The van der Waals surface area contributed by atoms with Crippen LogP contribution >= 0.6 is 0 Å². The smallest absolute Gasteiger partial charge is 0.258 e. The Labute approximate surface area is 122 Å². The van der Waals surface area contributed by atoms with Gasteiger partial charge in [-0.2, -0.15) is 4.98 Å². The minimum Gasteiger partial charge on any atom is -0.497 e. The number of aromatic nitrogens is 3. The lowest BCUT2D eigenvalue weighted by molar-refractivity contribution is 0.414. The van der Waals surface area contributed by atoms with E-state index in [0.29, 0.717) is 11.7 Å². The second kappa shape index (κ2) is 5.75. The first-order chi connectivity index (χ1) is 10.3. The number of ether oxygens (including phenoxy) is 1. The summed E-state index contributed by atoms with van der Waals surface area (Å²) in [5.74, 6) is 1.75. The summed E-state index contributed by atoms with van der Waals surface area (Å²) in [6.45, 7) is 2.10. The normalized spacial score (nSPS) is 10.6. The number of aryl methyl sites for hydroxylation is 1. The highest BCUT2D eigenvalue weighted by Gasteiger charge is 2.11. The van der Waals surface area contributed by atoms with Gasteiger partial charge in [0, 0.05) is 11.8 Å². The second-order valence-corrected chi connectivity index (χ2v) is 4.55. The number of methoxy groups -OCH3 is 1. The van der Waals surface area contributed by atoms with Gasteiger partial charge in [-0.05, 0) is 48.4 Å². The van der Waals surface area contributed by atoms with Crippen LogP contribution in [0, 0.1) is 0 Å². The fourth-order valence-electron chi connectivity index (χ4n) is 1.99. The molecule has 3 aromatic rings. The third-order valence-electron chi connectivity index (χ3n) is 3.22. The molecule has 1 aromatic carbocycles. The van der Waals surface area contributed by atoms with Crippen molar-refractivity contribution in [2.24, 2.45) is 0 Å². The van der Waals surface area contributed by atoms with E-state index in [9.17, 15) is 0 Å². The fourth-order valence-corrected chi connectivity index (χ4v) is 1.99. The topological polar surface area (TPSA) is 61.0 Å². The van der Waals surface area contributed by atoms with Gasteiger partial charge in [0.2, 0.25) is 5.82 Å². The Morgan fingerprint density at radius 1 is 1.14 bits per heavy atom. The zero-order chi connectivity index (χ0) is 14.7. The largest absolute Gasteiger partial charge is 0.497 e. The summed E-state index contributed by atoms with van der Waals surface area (Å²) in [5.41, 5.74) is 2.76. The average molecular weight is 281 g/mol. The first-order valence-electron chi connectivity index (χ1n) is 6.73. The van der Waals surface area contributed by atoms with E-state index in [0.717, 1.165) is 23.4 Å². The molecule has 0 fully saturated rings. The lowest BCUT2D eigenvalue weighted by Gasteiger charge is -1.99. The summed E-state index contributed by atoms with van der Waals surface area (Å²) in [7, 11) is 1.63. The number of rotatable bonds is 4. The highest BCUT2D eigenvalue weighted by Crippen LogP contribution is 2.23. The minimum absolute atomic E-state index is 0.469. The van der Waals surface area contributed by atoms with Crippen LogP contribution in [0.5, 0.6) is 5.75 Å². The van der Waals surface area contributed by atoms with Crippen molar-refractivity contribution < 1.29 is 9.26 Å². The molecule has 0 saturated heterocycles. The number of benzene rings is 1. The fraction of sp³-hybridized carbons (Fsp3) is 0.188. The Kier molecular flexibility index (Phi) is 3.64. The molecule has 0 unspecified atom stereocenters. The summed E-state index contributed by atoms with van der Waals surface area (Å²) in [6, 6.07) is 11.4. The molecule has 3 rings (SSSR count). The molecule has 0 bridgehead atoms. The van der Waals surface area contributed by atoms with Crippen molar-refractivity contribution in [1.29, 1.82) is 0 Å². The van der Waals surface area contributed by atoms with Crippen LogP contribution in [0.3, 0.4) is 0 Å². The van der Waals surface area contributed by atoms with Gasteiger partial charge in [0.25, 0.3) is 5.89 Å².